The molecule has 0 fully saturated rings. The zero-order chi connectivity index (χ0) is 20.7. The SMILES string of the molecule is Cc1cccc(NC(=O)CN(C)C(=O)CCNC(=O)c2ccc(Cl)cc2)c1C. The van der Waals surface area contributed by atoms with Crippen LogP contribution in [0, 0.1) is 13.8 Å². The molecule has 28 heavy (non-hydrogen) atoms. The number of amides is 3. The van der Waals surface area contributed by atoms with Crippen molar-refractivity contribution in [1.82, 2.24) is 10.2 Å². The minimum atomic E-state index is -0.278. The number of rotatable bonds is 7. The molecule has 0 saturated heterocycles. The summed E-state index contributed by atoms with van der Waals surface area (Å²) < 4.78 is 0. The quantitative estimate of drug-likeness (QED) is 0.747. The lowest BCUT2D eigenvalue weighted by Gasteiger charge is -2.18. The van der Waals surface area contributed by atoms with E-state index in [1.807, 2.05) is 32.0 Å². The Kier molecular flexibility index (Phi) is 7.58. The summed E-state index contributed by atoms with van der Waals surface area (Å²) in [6.45, 7) is 4.03. The summed E-state index contributed by atoms with van der Waals surface area (Å²) in [7, 11) is 1.56. The van der Waals surface area contributed by atoms with Crippen molar-refractivity contribution in [3.63, 3.8) is 0 Å². The Morgan fingerprint density at radius 1 is 1.04 bits per heavy atom. The van der Waals surface area contributed by atoms with Crippen LogP contribution in [-0.4, -0.2) is 42.8 Å². The first kappa shape index (κ1) is 21.4. The largest absolute Gasteiger partial charge is 0.352 e. The van der Waals surface area contributed by atoms with Crippen LogP contribution in [-0.2, 0) is 9.59 Å². The molecule has 2 aromatic rings. The predicted octanol–water partition coefficient (Wildman–Crippen LogP) is 3.17. The number of hydrogen-bond acceptors (Lipinski definition) is 3. The van der Waals surface area contributed by atoms with E-state index in [1.54, 1.807) is 31.3 Å². The van der Waals surface area contributed by atoms with E-state index in [2.05, 4.69) is 10.6 Å². The number of benzene rings is 2. The second-order valence-electron chi connectivity index (χ2n) is 6.56. The molecular formula is C21H24ClN3O3. The van der Waals surface area contributed by atoms with Crippen molar-refractivity contribution in [2.45, 2.75) is 20.3 Å². The number of nitrogens with zero attached hydrogens (tertiary/aromatic N) is 1. The summed E-state index contributed by atoms with van der Waals surface area (Å²) in [5.41, 5.74) is 3.28. The fourth-order valence-electron chi connectivity index (χ4n) is 2.56. The third-order valence-corrected chi connectivity index (χ3v) is 4.67. The smallest absolute Gasteiger partial charge is 0.251 e. The van der Waals surface area contributed by atoms with E-state index in [0.29, 0.717) is 10.6 Å². The zero-order valence-corrected chi connectivity index (χ0v) is 17.0. The molecule has 0 aliphatic rings. The van der Waals surface area contributed by atoms with Gasteiger partial charge in [-0.15, -0.1) is 0 Å². The van der Waals surface area contributed by atoms with Gasteiger partial charge < -0.3 is 15.5 Å². The summed E-state index contributed by atoms with van der Waals surface area (Å²) >= 11 is 5.79. The summed E-state index contributed by atoms with van der Waals surface area (Å²) in [5, 5.41) is 6.05. The number of carbonyl (C=O) groups is 3. The van der Waals surface area contributed by atoms with Gasteiger partial charge in [0.2, 0.25) is 11.8 Å². The fraction of sp³-hybridized carbons (Fsp3) is 0.286. The highest BCUT2D eigenvalue weighted by atomic mass is 35.5. The van der Waals surface area contributed by atoms with Crippen LogP contribution < -0.4 is 10.6 Å². The number of anilines is 1. The average Bonchev–Trinajstić information content (AvgIpc) is 2.65. The van der Waals surface area contributed by atoms with Crippen LogP contribution in [0.3, 0.4) is 0 Å². The van der Waals surface area contributed by atoms with E-state index in [4.69, 9.17) is 11.6 Å². The van der Waals surface area contributed by atoms with Gasteiger partial charge in [-0.3, -0.25) is 14.4 Å². The molecule has 3 amide bonds. The van der Waals surface area contributed by atoms with Gasteiger partial charge in [0.15, 0.2) is 0 Å². The first-order valence-electron chi connectivity index (χ1n) is 8.91. The second-order valence-corrected chi connectivity index (χ2v) is 6.99. The van der Waals surface area contributed by atoms with Crippen LogP contribution in [0.4, 0.5) is 5.69 Å². The van der Waals surface area contributed by atoms with Crippen LogP contribution in [0.2, 0.25) is 5.02 Å². The molecule has 0 unspecified atom stereocenters. The average molecular weight is 402 g/mol. The summed E-state index contributed by atoms with van der Waals surface area (Å²) in [6.07, 6.45) is 0.104. The molecule has 0 radical (unpaired) electrons. The normalized spacial score (nSPS) is 10.3. The molecule has 0 aliphatic heterocycles. The van der Waals surface area contributed by atoms with Crippen LogP contribution in [0.1, 0.15) is 27.9 Å². The van der Waals surface area contributed by atoms with Gasteiger partial charge in [-0.05, 0) is 55.3 Å². The zero-order valence-electron chi connectivity index (χ0n) is 16.2. The number of likely N-dealkylation sites (N-methyl/N-ethyl adjacent to an activating group) is 1. The van der Waals surface area contributed by atoms with E-state index >= 15 is 0 Å². The number of aryl methyl sites for hydroxylation is 1. The van der Waals surface area contributed by atoms with Gasteiger partial charge >= 0.3 is 0 Å². The van der Waals surface area contributed by atoms with Crippen molar-refractivity contribution in [3.05, 3.63) is 64.2 Å². The van der Waals surface area contributed by atoms with E-state index in [1.165, 1.54) is 4.90 Å². The Morgan fingerprint density at radius 3 is 2.39 bits per heavy atom. The Morgan fingerprint density at radius 2 is 1.71 bits per heavy atom. The minimum Gasteiger partial charge on any atom is -0.352 e. The lowest BCUT2D eigenvalue weighted by Crippen LogP contribution is -2.37. The highest BCUT2D eigenvalue weighted by Crippen LogP contribution is 2.17. The Balaban J connectivity index is 1.77. The number of halogens is 1. The number of nitrogens with one attached hydrogen (secondary N) is 2. The summed E-state index contributed by atoms with van der Waals surface area (Å²) in [4.78, 5) is 37.7. The molecule has 0 aromatic heterocycles. The Bertz CT molecular complexity index is 866. The second kappa shape index (κ2) is 9.90. The lowest BCUT2D eigenvalue weighted by atomic mass is 10.1. The Labute approximate surface area is 169 Å². The maximum absolute atomic E-state index is 12.2. The summed E-state index contributed by atoms with van der Waals surface area (Å²) in [5.74, 6) is -0.776. The highest BCUT2D eigenvalue weighted by molar-refractivity contribution is 6.30. The maximum Gasteiger partial charge on any atom is 0.251 e. The maximum atomic E-state index is 12.2. The molecular weight excluding hydrogens is 378 g/mol. The molecule has 0 spiro atoms. The third-order valence-electron chi connectivity index (χ3n) is 4.42. The topological polar surface area (TPSA) is 78.5 Å². The van der Waals surface area contributed by atoms with Crippen LogP contribution in [0.25, 0.3) is 0 Å². The van der Waals surface area contributed by atoms with Crippen molar-refractivity contribution in [2.75, 3.05) is 25.5 Å². The Hall–Kier alpha value is -2.86. The van der Waals surface area contributed by atoms with Gasteiger partial charge in [-0.1, -0.05) is 23.7 Å². The van der Waals surface area contributed by atoms with Gasteiger partial charge in [0.1, 0.15) is 0 Å². The predicted molar refractivity (Wildman–Crippen MR) is 111 cm³/mol. The molecule has 7 heteroatoms. The molecule has 6 nitrogen and oxygen atoms in total. The first-order valence-corrected chi connectivity index (χ1v) is 9.29. The molecule has 2 rings (SSSR count). The number of hydrogen-bond donors (Lipinski definition) is 2. The van der Waals surface area contributed by atoms with Crippen LogP contribution in [0.15, 0.2) is 42.5 Å². The van der Waals surface area contributed by atoms with Crippen LogP contribution >= 0.6 is 11.6 Å². The van der Waals surface area contributed by atoms with Crippen molar-refractivity contribution in [2.24, 2.45) is 0 Å². The standard InChI is InChI=1S/C21H24ClN3O3/c1-14-5-4-6-18(15(14)2)24-19(26)13-25(3)20(27)11-12-23-21(28)16-7-9-17(22)10-8-16/h4-10H,11-13H2,1-3H3,(H,23,28)(H,24,26). The van der Waals surface area contributed by atoms with E-state index in [-0.39, 0.29) is 37.2 Å². The van der Waals surface area contributed by atoms with Gasteiger partial charge in [0, 0.05) is 36.3 Å². The van der Waals surface area contributed by atoms with Crippen molar-refractivity contribution in [3.8, 4) is 0 Å². The van der Waals surface area contributed by atoms with E-state index in [9.17, 15) is 14.4 Å². The van der Waals surface area contributed by atoms with Gasteiger partial charge in [0.05, 0.1) is 6.54 Å². The van der Waals surface area contributed by atoms with Crippen molar-refractivity contribution in [1.29, 1.82) is 0 Å². The monoisotopic (exact) mass is 401 g/mol. The van der Waals surface area contributed by atoms with E-state index in [0.717, 1.165) is 16.8 Å². The van der Waals surface area contributed by atoms with Crippen molar-refractivity contribution < 1.29 is 14.4 Å². The molecule has 0 aliphatic carbocycles. The van der Waals surface area contributed by atoms with Gasteiger partial charge in [0.25, 0.3) is 5.91 Å². The molecule has 0 heterocycles. The highest BCUT2D eigenvalue weighted by Gasteiger charge is 2.14. The molecule has 0 atom stereocenters. The fourth-order valence-corrected chi connectivity index (χ4v) is 2.68. The van der Waals surface area contributed by atoms with Crippen LogP contribution in [0.5, 0.6) is 0 Å². The third kappa shape index (κ3) is 6.09. The van der Waals surface area contributed by atoms with E-state index < -0.39 is 0 Å². The molecule has 0 bridgehead atoms. The van der Waals surface area contributed by atoms with Gasteiger partial charge in [-0.25, -0.2) is 0 Å². The molecule has 2 N–H and O–H groups in total. The van der Waals surface area contributed by atoms with Gasteiger partial charge in [-0.2, -0.15) is 0 Å². The molecule has 148 valence electrons. The molecule has 2 aromatic carbocycles. The lowest BCUT2D eigenvalue weighted by molar-refractivity contribution is -0.133. The molecule has 0 saturated carbocycles. The first-order chi connectivity index (χ1) is 13.3. The number of carbonyl (C=O) groups excluding carboxylic acids is 3. The van der Waals surface area contributed by atoms with Crippen molar-refractivity contribution >= 4 is 35.0 Å². The summed E-state index contributed by atoms with van der Waals surface area (Å²) in [6, 6.07) is 12.2. The minimum absolute atomic E-state index is 0.0582.